The minimum absolute atomic E-state index is 0.0729. The second-order valence-electron chi connectivity index (χ2n) is 5.37. The van der Waals surface area contributed by atoms with Gasteiger partial charge < -0.3 is 14.6 Å². The third kappa shape index (κ3) is 2.64. The van der Waals surface area contributed by atoms with Crippen molar-refractivity contribution in [2.24, 2.45) is 0 Å². The van der Waals surface area contributed by atoms with E-state index in [9.17, 15) is 0 Å². The number of hydrogen-bond donors (Lipinski definition) is 1. The van der Waals surface area contributed by atoms with E-state index < -0.39 is 0 Å². The van der Waals surface area contributed by atoms with E-state index in [-0.39, 0.29) is 5.54 Å². The number of aryl methyl sites for hydroxylation is 1. The Bertz CT molecular complexity index is 545. The molecule has 0 aliphatic heterocycles. The summed E-state index contributed by atoms with van der Waals surface area (Å²) < 4.78 is 5.48. The highest BCUT2D eigenvalue weighted by Crippen LogP contribution is 2.22. The Morgan fingerprint density at radius 1 is 1.39 bits per heavy atom. The summed E-state index contributed by atoms with van der Waals surface area (Å²) in [6.45, 7) is 7.16. The van der Waals surface area contributed by atoms with E-state index >= 15 is 0 Å². The van der Waals surface area contributed by atoms with Gasteiger partial charge in [-0.3, -0.25) is 0 Å². The number of likely N-dealkylation sites (N-methyl/N-ethyl adjacent to an activating group) is 2. The standard InChI is InChI=1S/C14H21N3O/c1-10-16-12-8-11(6-7-13(12)18-10)17(5)9-14(2,3)15-4/h6-8,15H,9H2,1-5H3. The molecule has 2 aromatic rings. The second kappa shape index (κ2) is 4.61. The van der Waals surface area contributed by atoms with E-state index in [2.05, 4.69) is 48.2 Å². The van der Waals surface area contributed by atoms with E-state index in [0.29, 0.717) is 5.89 Å². The van der Waals surface area contributed by atoms with Crippen molar-refractivity contribution in [3.05, 3.63) is 24.1 Å². The zero-order valence-corrected chi connectivity index (χ0v) is 11.7. The minimum atomic E-state index is 0.0729. The van der Waals surface area contributed by atoms with Gasteiger partial charge in [0.15, 0.2) is 11.5 Å². The van der Waals surface area contributed by atoms with Gasteiger partial charge in [-0.25, -0.2) is 4.98 Å². The van der Waals surface area contributed by atoms with Crippen LogP contribution in [0.15, 0.2) is 22.6 Å². The first kappa shape index (κ1) is 12.9. The molecule has 0 saturated heterocycles. The zero-order chi connectivity index (χ0) is 13.3. The number of benzene rings is 1. The van der Waals surface area contributed by atoms with Crippen LogP contribution in [-0.4, -0.2) is 31.2 Å². The van der Waals surface area contributed by atoms with Crippen molar-refractivity contribution in [2.75, 3.05) is 25.5 Å². The maximum Gasteiger partial charge on any atom is 0.192 e. The monoisotopic (exact) mass is 247 g/mol. The highest BCUT2D eigenvalue weighted by molar-refractivity contribution is 5.77. The smallest absolute Gasteiger partial charge is 0.192 e. The SMILES string of the molecule is CNC(C)(C)CN(C)c1ccc2oc(C)nc2c1. The third-order valence-electron chi connectivity index (χ3n) is 3.23. The number of hydrogen-bond acceptors (Lipinski definition) is 4. The zero-order valence-electron chi connectivity index (χ0n) is 11.7. The normalized spacial score (nSPS) is 12.1. The van der Waals surface area contributed by atoms with Crippen molar-refractivity contribution >= 4 is 16.8 Å². The molecule has 0 radical (unpaired) electrons. The lowest BCUT2D eigenvalue weighted by atomic mass is 10.1. The Labute approximate surface area is 108 Å². The summed E-state index contributed by atoms with van der Waals surface area (Å²) in [4.78, 5) is 6.59. The van der Waals surface area contributed by atoms with Crippen molar-refractivity contribution in [2.45, 2.75) is 26.3 Å². The summed E-state index contributed by atoms with van der Waals surface area (Å²) in [6, 6.07) is 6.11. The lowest BCUT2D eigenvalue weighted by Crippen LogP contribution is -2.46. The Morgan fingerprint density at radius 3 is 2.78 bits per heavy atom. The first-order valence-electron chi connectivity index (χ1n) is 6.18. The predicted molar refractivity (Wildman–Crippen MR) is 75.2 cm³/mol. The van der Waals surface area contributed by atoms with Gasteiger partial charge in [0.1, 0.15) is 5.52 Å². The van der Waals surface area contributed by atoms with Crippen LogP contribution in [0.1, 0.15) is 19.7 Å². The van der Waals surface area contributed by atoms with Gasteiger partial charge in [-0.1, -0.05) is 0 Å². The molecule has 4 nitrogen and oxygen atoms in total. The van der Waals surface area contributed by atoms with Gasteiger partial charge >= 0.3 is 0 Å². The topological polar surface area (TPSA) is 41.3 Å². The maximum absolute atomic E-state index is 5.48. The largest absolute Gasteiger partial charge is 0.441 e. The quantitative estimate of drug-likeness (QED) is 0.901. The van der Waals surface area contributed by atoms with Crippen molar-refractivity contribution in [1.29, 1.82) is 0 Å². The maximum atomic E-state index is 5.48. The van der Waals surface area contributed by atoms with Gasteiger partial charge in [0.25, 0.3) is 0 Å². The lowest BCUT2D eigenvalue weighted by Gasteiger charge is -2.31. The Morgan fingerprint density at radius 2 is 2.11 bits per heavy atom. The van der Waals surface area contributed by atoms with Gasteiger partial charge in [-0.2, -0.15) is 0 Å². The van der Waals surface area contributed by atoms with Crippen LogP contribution in [0.2, 0.25) is 0 Å². The predicted octanol–water partition coefficient (Wildman–Crippen LogP) is 2.57. The van der Waals surface area contributed by atoms with Crippen LogP contribution in [0.5, 0.6) is 0 Å². The molecular formula is C14H21N3O. The molecule has 0 fully saturated rings. The molecule has 0 saturated carbocycles. The minimum Gasteiger partial charge on any atom is -0.441 e. The Kier molecular flexibility index (Phi) is 3.30. The van der Waals surface area contributed by atoms with Crippen LogP contribution in [0.25, 0.3) is 11.1 Å². The molecule has 0 amide bonds. The molecule has 98 valence electrons. The van der Waals surface area contributed by atoms with Gasteiger partial charge in [0.2, 0.25) is 0 Å². The number of fused-ring (bicyclic) bond motifs is 1. The number of nitrogens with zero attached hydrogens (tertiary/aromatic N) is 2. The van der Waals surface area contributed by atoms with E-state index in [0.717, 1.165) is 23.3 Å². The van der Waals surface area contributed by atoms with Crippen molar-refractivity contribution < 1.29 is 4.42 Å². The molecule has 0 bridgehead atoms. The molecule has 0 aliphatic carbocycles. The number of nitrogens with one attached hydrogen (secondary N) is 1. The summed E-state index contributed by atoms with van der Waals surface area (Å²) in [7, 11) is 4.07. The number of rotatable bonds is 4. The van der Waals surface area contributed by atoms with Crippen molar-refractivity contribution in [3.63, 3.8) is 0 Å². The third-order valence-corrected chi connectivity index (χ3v) is 3.23. The van der Waals surface area contributed by atoms with E-state index in [1.54, 1.807) is 0 Å². The van der Waals surface area contributed by atoms with E-state index in [1.807, 2.05) is 20.0 Å². The molecule has 1 aromatic carbocycles. The van der Waals surface area contributed by atoms with Gasteiger partial charge in [-0.15, -0.1) is 0 Å². The summed E-state index contributed by atoms with van der Waals surface area (Å²) >= 11 is 0. The molecule has 1 N–H and O–H groups in total. The first-order chi connectivity index (χ1) is 8.41. The Hall–Kier alpha value is -1.55. The fourth-order valence-corrected chi connectivity index (χ4v) is 2.03. The summed E-state index contributed by atoms with van der Waals surface area (Å²) in [5.41, 5.74) is 2.99. The molecule has 0 spiro atoms. The van der Waals surface area contributed by atoms with Crippen molar-refractivity contribution in [1.82, 2.24) is 10.3 Å². The van der Waals surface area contributed by atoms with E-state index in [4.69, 9.17) is 4.42 Å². The van der Waals surface area contributed by atoms with Gasteiger partial charge in [-0.05, 0) is 39.1 Å². The van der Waals surface area contributed by atoms with Crippen LogP contribution in [0.3, 0.4) is 0 Å². The molecule has 0 unspecified atom stereocenters. The summed E-state index contributed by atoms with van der Waals surface area (Å²) in [6.07, 6.45) is 0. The summed E-state index contributed by atoms with van der Waals surface area (Å²) in [5.74, 6) is 0.709. The molecule has 2 rings (SSSR count). The molecule has 0 atom stereocenters. The van der Waals surface area contributed by atoms with E-state index in [1.165, 1.54) is 0 Å². The Balaban J connectivity index is 2.25. The van der Waals surface area contributed by atoms with Crippen molar-refractivity contribution in [3.8, 4) is 0 Å². The molecular weight excluding hydrogens is 226 g/mol. The second-order valence-corrected chi connectivity index (χ2v) is 5.37. The van der Waals surface area contributed by atoms with Crippen LogP contribution in [0.4, 0.5) is 5.69 Å². The lowest BCUT2D eigenvalue weighted by molar-refractivity contribution is 0.428. The van der Waals surface area contributed by atoms with Crippen LogP contribution in [-0.2, 0) is 0 Å². The molecule has 4 heteroatoms. The fraction of sp³-hybridized carbons (Fsp3) is 0.500. The van der Waals surface area contributed by atoms with Gasteiger partial charge in [0, 0.05) is 31.7 Å². The molecule has 0 aliphatic rings. The number of aromatic nitrogens is 1. The molecule has 1 heterocycles. The van der Waals surface area contributed by atoms with Gasteiger partial charge in [0.05, 0.1) is 0 Å². The highest BCUT2D eigenvalue weighted by Gasteiger charge is 2.18. The molecule has 1 aromatic heterocycles. The van der Waals surface area contributed by atoms with Crippen LogP contribution in [0, 0.1) is 6.92 Å². The van der Waals surface area contributed by atoms with Crippen LogP contribution < -0.4 is 10.2 Å². The number of oxazole rings is 1. The average molecular weight is 247 g/mol. The fourth-order valence-electron chi connectivity index (χ4n) is 2.03. The number of anilines is 1. The first-order valence-corrected chi connectivity index (χ1v) is 6.18. The van der Waals surface area contributed by atoms with Crippen LogP contribution >= 0.6 is 0 Å². The average Bonchev–Trinajstić information content (AvgIpc) is 2.67. The molecule has 18 heavy (non-hydrogen) atoms. The highest BCUT2D eigenvalue weighted by atomic mass is 16.3. The summed E-state index contributed by atoms with van der Waals surface area (Å²) in [5, 5.41) is 3.31.